The van der Waals surface area contributed by atoms with Gasteiger partial charge in [0.1, 0.15) is 5.75 Å². The molecule has 1 aromatic rings. The van der Waals surface area contributed by atoms with Crippen molar-refractivity contribution in [2.75, 3.05) is 13.2 Å². The summed E-state index contributed by atoms with van der Waals surface area (Å²) in [5.74, 6) is -0.361. The van der Waals surface area contributed by atoms with Gasteiger partial charge in [-0.1, -0.05) is 24.6 Å². The molecule has 0 saturated heterocycles. The van der Waals surface area contributed by atoms with Crippen LogP contribution in [0.4, 0.5) is 0 Å². The molecule has 1 aliphatic carbocycles. The summed E-state index contributed by atoms with van der Waals surface area (Å²) < 4.78 is 5.45. The monoisotopic (exact) mass is 291 g/mol. The molecule has 114 valence electrons. The Bertz CT molecular complexity index is 474. The summed E-state index contributed by atoms with van der Waals surface area (Å²) in [6.45, 7) is 0.768. The normalized spacial score (nSPS) is 21.0. The smallest absolute Gasteiger partial charge is 0.306 e. The molecule has 2 rings (SSSR count). The third-order valence-electron chi connectivity index (χ3n) is 3.88. The summed E-state index contributed by atoms with van der Waals surface area (Å²) in [5, 5.41) is 11.9. The van der Waals surface area contributed by atoms with E-state index in [0.717, 1.165) is 18.6 Å². The first kappa shape index (κ1) is 15.4. The van der Waals surface area contributed by atoms with Gasteiger partial charge in [0, 0.05) is 6.54 Å². The molecule has 0 bridgehead atoms. The summed E-state index contributed by atoms with van der Waals surface area (Å²) >= 11 is 0. The Kier molecular flexibility index (Phi) is 5.60. The Hall–Kier alpha value is -2.04. The van der Waals surface area contributed by atoms with Gasteiger partial charge in [-0.05, 0) is 30.9 Å². The Morgan fingerprint density at radius 2 is 2.00 bits per heavy atom. The number of carboxylic acids is 1. The van der Waals surface area contributed by atoms with Crippen LogP contribution in [-0.4, -0.2) is 30.1 Å². The average molecular weight is 291 g/mol. The van der Waals surface area contributed by atoms with E-state index < -0.39 is 5.97 Å². The number of carbonyl (C=O) groups is 2. The second-order valence-electron chi connectivity index (χ2n) is 5.35. The molecule has 1 amide bonds. The highest BCUT2D eigenvalue weighted by Gasteiger charge is 2.32. The van der Waals surface area contributed by atoms with Crippen molar-refractivity contribution < 1.29 is 19.4 Å². The van der Waals surface area contributed by atoms with E-state index in [-0.39, 0.29) is 24.2 Å². The first-order chi connectivity index (χ1) is 10.2. The molecule has 0 aliphatic heterocycles. The first-order valence-corrected chi connectivity index (χ1v) is 7.34. The summed E-state index contributed by atoms with van der Waals surface area (Å²) in [6, 6.07) is 9.34. The fraction of sp³-hybridized carbons (Fsp3) is 0.500. The van der Waals surface area contributed by atoms with E-state index in [0.29, 0.717) is 19.6 Å². The number of amides is 1. The quantitative estimate of drug-likeness (QED) is 0.806. The van der Waals surface area contributed by atoms with Crippen molar-refractivity contribution in [3.8, 4) is 5.75 Å². The predicted molar refractivity (Wildman–Crippen MR) is 78.0 cm³/mol. The Balaban J connectivity index is 1.65. The largest absolute Gasteiger partial charge is 0.493 e. The van der Waals surface area contributed by atoms with E-state index in [4.69, 9.17) is 9.84 Å². The molecule has 2 unspecified atom stereocenters. The van der Waals surface area contributed by atoms with Gasteiger partial charge >= 0.3 is 5.97 Å². The molecule has 21 heavy (non-hydrogen) atoms. The van der Waals surface area contributed by atoms with Crippen molar-refractivity contribution in [1.82, 2.24) is 5.32 Å². The Morgan fingerprint density at radius 3 is 2.71 bits per heavy atom. The van der Waals surface area contributed by atoms with Gasteiger partial charge in [0.15, 0.2) is 0 Å². The number of hydrogen-bond donors (Lipinski definition) is 2. The summed E-state index contributed by atoms with van der Waals surface area (Å²) in [4.78, 5) is 22.8. The first-order valence-electron chi connectivity index (χ1n) is 7.34. The van der Waals surface area contributed by atoms with Gasteiger partial charge in [-0.15, -0.1) is 0 Å². The lowest BCUT2D eigenvalue weighted by molar-refractivity contribution is -0.143. The number of carboxylic acid groups (broad SMARTS) is 1. The molecule has 1 fully saturated rings. The van der Waals surface area contributed by atoms with Crippen molar-refractivity contribution in [2.24, 2.45) is 11.8 Å². The predicted octanol–water partition coefficient (Wildman–Crippen LogP) is 2.07. The van der Waals surface area contributed by atoms with Gasteiger partial charge < -0.3 is 15.2 Å². The lowest BCUT2D eigenvalue weighted by Gasteiger charge is -2.16. The molecule has 0 aromatic heterocycles. The molecule has 5 nitrogen and oxygen atoms in total. The number of carbonyl (C=O) groups excluding carboxylic acids is 1. The Labute approximate surface area is 124 Å². The van der Waals surface area contributed by atoms with E-state index >= 15 is 0 Å². The van der Waals surface area contributed by atoms with Gasteiger partial charge in [-0.3, -0.25) is 9.59 Å². The number of ether oxygens (including phenoxy) is 1. The zero-order valence-corrected chi connectivity index (χ0v) is 12.0. The molecule has 5 heteroatoms. The van der Waals surface area contributed by atoms with Crippen molar-refractivity contribution in [3.63, 3.8) is 0 Å². The molecule has 2 N–H and O–H groups in total. The number of rotatable bonds is 7. The second-order valence-corrected chi connectivity index (χ2v) is 5.35. The van der Waals surface area contributed by atoms with Crippen LogP contribution in [0.5, 0.6) is 5.75 Å². The standard InChI is InChI=1S/C16H21NO4/c18-15(9-10-21-13-6-2-1-3-7-13)17-11-12-5-4-8-14(12)16(19)20/h1-3,6-7,12,14H,4-5,8-11H2,(H,17,18)(H,19,20). The zero-order chi connectivity index (χ0) is 15.1. The minimum atomic E-state index is -0.751. The molecule has 2 atom stereocenters. The van der Waals surface area contributed by atoms with Crippen LogP contribution in [0.3, 0.4) is 0 Å². The van der Waals surface area contributed by atoms with E-state index in [9.17, 15) is 9.59 Å². The van der Waals surface area contributed by atoms with E-state index in [1.165, 1.54) is 0 Å². The van der Waals surface area contributed by atoms with Gasteiger partial charge in [0.05, 0.1) is 18.9 Å². The van der Waals surface area contributed by atoms with Crippen molar-refractivity contribution in [1.29, 1.82) is 0 Å². The van der Waals surface area contributed by atoms with Crippen LogP contribution in [-0.2, 0) is 9.59 Å². The summed E-state index contributed by atoms with van der Waals surface area (Å²) in [7, 11) is 0. The third kappa shape index (κ3) is 4.77. The molecular formula is C16H21NO4. The topological polar surface area (TPSA) is 75.6 Å². The number of benzene rings is 1. The molecule has 1 saturated carbocycles. The lowest BCUT2D eigenvalue weighted by Crippen LogP contribution is -2.33. The van der Waals surface area contributed by atoms with Crippen LogP contribution >= 0.6 is 0 Å². The van der Waals surface area contributed by atoms with Gasteiger partial charge in [0.25, 0.3) is 0 Å². The van der Waals surface area contributed by atoms with Crippen LogP contribution in [0.25, 0.3) is 0 Å². The van der Waals surface area contributed by atoms with Crippen LogP contribution in [0.15, 0.2) is 30.3 Å². The van der Waals surface area contributed by atoms with E-state index in [1.807, 2.05) is 30.3 Å². The van der Waals surface area contributed by atoms with E-state index in [2.05, 4.69) is 5.32 Å². The molecule has 0 radical (unpaired) electrons. The molecule has 0 spiro atoms. The van der Waals surface area contributed by atoms with Crippen molar-refractivity contribution >= 4 is 11.9 Å². The fourth-order valence-corrected chi connectivity index (χ4v) is 2.72. The summed E-state index contributed by atoms with van der Waals surface area (Å²) in [6.07, 6.45) is 2.79. The highest BCUT2D eigenvalue weighted by molar-refractivity contribution is 5.76. The van der Waals surface area contributed by atoms with Crippen molar-refractivity contribution in [3.05, 3.63) is 30.3 Å². The Morgan fingerprint density at radius 1 is 1.24 bits per heavy atom. The molecule has 1 aromatic carbocycles. The van der Waals surface area contributed by atoms with Crippen LogP contribution in [0, 0.1) is 11.8 Å². The van der Waals surface area contributed by atoms with Crippen LogP contribution in [0.1, 0.15) is 25.7 Å². The summed E-state index contributed by atoms with van der Waals surface area (Å²) in [5.41, 5.74) is 0. The van der Waals surface area contributed by atoms with Crippen LogP contribution < -0.4 is 10.1 Å². The maximum Gasteiger partial charge on any atom is 0.306 e. The van der Waals surface area contributed by atoms with Crippen molar-refractivity contribution in [2.45, 2.75) is 25.7 Å². The molecule has 1 aliphatic rings. The highest BCUT2D eigenvalue weighted by atomic mass is 16.5. The minimum absolute atomic E-state index is 0.0569. The number of para-hydroxylation sites is 1. The molecule has 0 heterocycles. The van der Waals surface area contributed by atoms with E-state index in [1.54, 1.807) is 0 Å². The number of nitrogens with one attached hydrogen (secondary N) is 1. The van der Waals surface area contributed by atoms with Gasteiger partial charge in [0.2, 0.25) is 5.91 Å². The number of aliphatic carboxylic acids is 1. The lowest BCUT2D eigenvalue weighted by atomic mass is 9.96. The average Bonchev–Trinajstić information content (AvgIpc) is 2.95. The molecular weight excluding hydrogens is 270 g/mol. The second kappa shape index (κ2) is 7.67. The van der Waals surface area contributed by atoms with Crippen LogP contribution in [0.2, 0.25) is 0 Å². The third-order valence-corrected chi connectivity index (χ3v) is 3.88. The number of hydrogen-bond acceptors (Lipinski definition) is 3. The maximum absolute atomic E-state index is 11.7. The van der Waals surface area contributed by atoms with Gasteiger partial charge in [-0.25, -0.2) is 0 Å². The fourth-order valence-electron chi connectivity index (χ4n) is 2.72. The maximum atomic E-state index is 11.7. The minimum Gasteiger partial charge on any atom is -0.493 e. The zero-order valence-electron chi connectivity index (χ0n) is 12.0. The SMILES string of the molecule is O=C(CCOc1ccccc1)NCC1CCCC1C(=O)O. The van der Waals surface area contributed by atoms with Gasteiger partial charge in [-0.2, -0.15) is 0 Å². The highest BCUT2D eigenvalue weighted by Crippen LogP contribution is 2.31.